The molecule has 1 aromatic carbocycles. The smallest absolute Gasteiger partial charge is 0.436 e. The van der Waals surface area contributed by atoms with Gasteiger partial charge in [-0.2, -0.15) is 5.10 Å². The number of aromatic nitrogens is 2. The molecule has 3 N–H and O–H groups in total. The maximum atomic E-state index is 12.1. The van der Waals surface area contributed by atoms with Crippen molar-refractivity contribution in [3.05, 3.63) is 28.9 Å². The first-order chi connectivity index (χ1) is 14.8. The first-order valence-electron chi connectivity index (χ1n) is 9.02. The largest absolute Gasteiger partial charge is 0.491 e. The molecule has 0 bridgehead atoms. The molecule has 13 heteroatoms. The molecule has 0 unspecified atom stereocenters. The number of carbonyl (C=O) groups is 4. The molecular weight excluding hydrogens is 478 g/mol. The van der Waals surface area contributed by atoms with Gasteiger partial charge in [-0.05, 0) is 34.1 Å². The van der Waals surface area contributed by atoms with E-state index in [0.29, 0.717) is 32.2 Å². The molecule has 1 fully saturated rings. The second-order valence-corrected chi connectivity index (χ2v) is 7.20. The zero-order valence-corrected chi connectivity index (χ0v) is 17.8. The fourth-order valence-corrected chi connectivity index (χ4v) is 3.39. The molecule has 31 heavy (non-hydrogen) atoms. The third-order valence-electron chi connectivity index (χ3n) is 4.19. The van der Waals surface area contributed by atoms with Crippen LogP contribution in [-0.2, 0) is 21.5 Å². The van der Waals surface area contributed by atoms with E-state index >= 15 is 0 Å². The number of hydrogen-bond acceptors (Lipinski definition) is 7. The highest BCUT2D eigenvalue weighted by Gasteiger charge is 2.33. The van der Waals surface area contributed by atoms with Gasteiger partial charge in [0.2, 0.25) is 0 Å². The van der Waals surface area contributed by atoms with Crippen LogP contribution in [0.1, 0.15) is 12.8 Å². The Kier molecular flexibility index (Phi) is 6.74. The van der Waals surface area contributed by atoms with Gasteiger partial charge in [-0.1, -0.05) is 0 Å². The lowest BCUT2D eigenvalue weighted by Gasteiger charge is -2.16. The van der Waals surface area contributed by atoms with Crippen molar-refractivity contribution in [1.82, 2.24) is 20.2 Å². The Morgan fingerprint density at radius 1 is 1.26 bits per heavy atom. The molecule has 1 aromatic heterocycles. The Labute approximate surface area is 184 Å². The highest BCUT2D eigenvalue weighted by molar-refractivity contribution is 9.10. The summed E-state index contributed by atoms with van der Waals surface area (Å²) in [6.07, 6.45) is -0.588. The minimum Gasteiger partial charge on any atom is -0.491 e. The molecule has 12 nitrogen and oxygen atoms in total. The van der Waals surface area contributed by atoms with E-state index in [0.717, 1.165) is 0 Å². The van der Waals surface area contributed by atoms with E-state index in [-0.39, 0.29) is 26.0 Å². The van der Waals surface area contributed by atoms with Crippen LogP contribution in [0.25, 0.3) is 11.3 Å². The van der Waals surface area contributed by atoms with Crippen LogP contribution in [0.4, 0.5) is 15.3 Å². The highest BCUT2D eigenvalue weighted by atomic mass is 79.9. The van der Waals surface area contributed by atoms with Crippen LogP contribution in [0.5, 0.6) is 5.75 Å². The van der Waals surface area contributed by atoms with Crippen LogP contribution in [0.3, 0.4) is 0 Å². The van der Waals surface area contributed by atoms with E-state index in [9.17, 15) is 19.2 Å². The van der Waals surface area contributed by atoms with Gasteiger partial charge in [0.25, 0.3) is 11.8 Å². The van der Waals surface area contributed by atoms with Gasteiger partial charge in [-0.15, -0.1) is 5.06 Å². The summed E-state index contributed by atoms with van der Waals surface area (Å²) >= 11 is 3.41. The monoisotopic (exact) mass is 495 g/mol. The van der Waals surface area contributed by atoms with Gasteiger partial charge in [-0.3, -0.25) is 19.6 Å². The Balaban J connectivity index is 1.79. The summed E-state index contributed by atoms with van der Waals surface area (Å²) in [4.78, 5) is 50.7. The van der Waals surface area contributed by atoms with Crippen molar-refractivity contribution in [3.8, 4) is 17.0 Å². The zero-order chi connectivity index (χ0) is 22.5. The maximum absolute atomic E-state index is 12.1. The molecular formula is C18H18BrN5O7. The number of hydroxylamine groups is 2. The quantitative estimate of drug-likeness (QED) is 0.390. The van der Waals surface area contributed by atoms with Gasteiger partial charge in [0, 0.05) is 31.1 Å². The summed E-state index contributed by atoms with van der Waals surface area (Å²) < 4.78 is 7.94. The number of aryl methyl sites for hydroxylation is 1. The molecule has 0 saturated carbocycles. The van der Waals surface area contributed by atoms with Gasteiger partial charge >= 0.3 is 12.2 Å². The minimum atomic E-state index is -1.16. The predicted octanol–water partition coefficient (Wildman–Crippen LogP) is 2.11. The number of anilines is 1. The Morgan fingerprint density at radius 2 is 1.97 bits per heavy atom. The molecule has 1 saturated heterocycles. The van der Waals surface area contributed by atoms with Crippen molar-refractivity contribution in [3.63, 3.8) is 0 Å². The van der Waals surface area contributed by atoms with E-state index < -0.39 is 24.0 Å². The number of carbonyl (C=O) groups excluding carboxylic acids is 3. The molecule has 1 aliphatic rings. The Hall–Kier alpha value is -3.61. The fraction of sp³-hybridized carbons (Fsp3) is 0.278. The second kappa shape index (κ2) is 9.47. The summed E-state index contributed by atoms with van der Waals surface area (Å²) in [6, 6.07) is 4.70. The molecule has 0 aliphatic carbocycles. The molecule has 164 valence electrons. The van der Waals surface area contributed by atoms with Crippen molar-refractivity contribution in [2.45, 2.75) is 12.8 Å². The topological polar surface area (TPSA) is 152 Å². The maximum Gasteiger partial charge on any atom is 0.436 e. The lowest BCUT2D eigenvalue weighted by atomic mass is 10.1. The number of ether oxygens (including phenoxy) is 1. The lowest BCUT2D eigenvalue weighted by Crippen LogP contribution is -2.33. The van der Waals surface area contributed by atoms with Crippen LogP contribution in [-0.4, -0.2) is 57.1 Å². The lowest BCUT2D eigenvalue weighted by molar-refractivity contribution is -0.170. The summed E-state index contributed by atoms with van der Waals surface area (Å²) in [5, 5.41) is 17.9. The summed E-state index contributed by atoms with van der Waals surface area (Å²) in [5.74, 6) is -0.753. The molecule has 0 radical (unpaired) electrons. The number of imide groups is 1. The normalized spacial score (nSPS) is 13.3. The van der Waals surface area contributed by atoms with Crippen LogP contribution in [0.2, 0.25) is 0 Å². The molecule has 0 atom stereocenters. The van der Waals surface area contributed by atoms with Crippen molar-refractivity contribution >= 4 is 45.6 Å². The predicted molar refractivity (Wildman–Crippen MR) is 109 cm³/mol. The fourth-order valence-electron chi connectivity index (χ4n) is 2.83. The molecule has 1 aliphatic heterocycles. The summed E-state index contributed by atoms with van der Waals surface area (Å²) in [7, 11) is 1.72. The van der Waals surface area contributed by atoms with Crippen molar-refractivity contribution in [2.24, 2.45) is 7.05 Å². The minimum absolute atomic E-state index is 0.00640. The number of amides is 4. The van der Waals surface area contributed by atoms with Crippen molar-refractivity contribution in [1.29, 1.82) is 0 Å². The molecule has 0 spiro atoms. The first-order valence-corrected chi connectivity index (χ1v) is 9.82. The third-order valence-corrected chi connectivity index (χ3v) is 4.77. The van der Waals surface area contributed by atoms with Gasteiger partial charge in [0.1, 0.15) is 12.4 Å². The van der Waals surface area contributed by atoms with Gasteiger partial charge in [0.15, 0.2) is 0 Å². The summed E-state index contributed by atoms with van der Waals surface area (Å²) in [6.45, 7) is 0.147. The second-order valence-electron chi connectivity index (χ2n) is 6.34. The highest BCUT2D eigenvalue weighted by Crippen LogP contribution is 2.36. The number of nitrogens with zero attached hydrogens (tertiary/aromatic N) is 3. The van der Waals surface area contributed by atoms with Gasteiger partial charge < -0.3 is 20.0 Å². The summed E-state index contributed by atoms with van der Waals surface area (Å²) in [5.41, 5.74) is 1.50. The standard InChI is InChI=1S/C18H18BrN5O7/c1-23-16(12(19)9-21-23)11-8-10(2-3-13(11)30-7-6-20-17(27)28)22-18(29)31-24-14(25)4-5-15(24)26/h2-3,8-9,20H,4-7H2,1H3,(H,22,29)(H,27,28). The van der Waals surface area contributed by atoms with Gasteiger partial charge in [0.05, 0.1) is 22.9 Å². The number of halogens is 1. The number of rotatable bonds is 7. The van der Waals surface area contributed by atoms with Crippen LogP contribution in [0, 0.1) is 0 Å². The van der Waals surface area contributed by atoms with Crippen molar-refractivity contribution in [2.75, 3.05) is 18.5 Å². The third kappa shape index (κ3) is 5.31. The molecule has 2 aromatic rings. The van der Waals surface area contributed by atoms with Crippen molar-refractivity contribution < 1.29 is 33.9 Å². The molecule has 3 rings (SSSR count). The van der Waals surface area contributed by atoms with Crippen LogP contribution in [0.15, 0.2) is 28.9 Å². The van der Waals surface area contributed by atoms with Gasteiger partial charge in [-0.25, -0.2) is 9.59 Å². The van der Waals surface area contributed by atoms with E-state index in [4.69, 9.17) is 14.7 Å². The number of benzene rings is 1. The SMILES string of the molecule is Cn1ncc(Br)c1-c1cc(NC(=O)ON2C(=O)CCC2=O)ccc1OCCNC(=O)O. The average Bonchev–Trinajstić information content (AvgIpc) is 3.21. The first kappa shape index (κ1) is 22.1. The van der Waals surface area contributed by atoms with E-state index in [2.05, 4.69) is 31.7 Å². The average molecular weight is 496 g/mol. The van der Waals surface area contributed by atoms with E-state index in [1.807, 2.05) is 0 Å². The van der Waals surface area contributed by atoms with E-state index in [1.165, 1.54) is 6.07 Å². The number of hydrogen-bond donors (Lipinski definition) is 3. The number of nitrogens with one attached hydrogen (secondary N) is 2. The Morgan fingerprint density at radius 3 is 2.58 bits per heavy atom. The zero-order valence-electron chi connectivity index (χ0n) is 16.3. The van der Waals surface area contributed by atoms with Crippen LogP contribution >= 0.6 is 15.9 Å². The number of carboxylic acid groups (broad SMARTS) is 1. The molecule has 2 heterocycles. The Bertz CT molecular complexity index is 1000. The van der Waals surface area contributed by atoms with E-state index in [1.54, 1.807) is 30.1 Å². The van der Waals surface area contributed by atoms with Crippen LogP contribution < -0.4 is 15.4 Å². The molecule has 4 amide bonds.